The van der Waals surface area contributed by atoms with Gasteiger partial charge in [-0.1, -0.05) is 0 Å². The first-order valence-corrected chi connectivity index (χ1v) is 4.99. The Kier molecular flexibility index (Phi) is 2.55. The summed E-state index contributed by atoms with van der Waals surface area (Å²) in [6.07, 6.45) is 1.72. The molecule has 0 N–H and O–H groups in total. The van der Waals surface area contributed by atoms with Crippen LogP contribution < -0.4 is 4.90 Å². The molecular formula is C10H14N6. The van der Waals surface area contributed by atoms with Gasteiger partial charge in [0.1, 0.15) is 11.6 Å². The SMILES string of the molecule is Cc1nc(C)n(-c2ccnc(N(C)C)n2)n1. The van der Waals surface area contributed by atoms with Crippen LogP contribution in [0.4, 0.5) is 5.95 Å². The van der Waals surface area contributed by atoms with Crippen molar-refractivity contribution < 1.29 is 0 Å². The summed E-state index contributed by atoms with van der Waals surface area (Å²) in [5.41, 5.74) is 0. The molecule has 16 heavy (non-hydrogen) atoms. The van der Waals surface area contributed by atoms with Crippen LogP contribution in [-0.2, 0) is 0 Å². The molecule has 0 unspecified atom stereocenters. The van der Waals surface area contributed by atoms with Crippen LogP contribution in [-0.4, -0.2) is 38.8 Å². The predicted octanol–water partition coefficient (Wildman–Crippen LogP) is 0.740. The van der Waals surface area contributed by atoms with E-state index in [9.17, 15) is 0 Å². The molecule has 0 radical (unpaired) electrons. The van der Waals surface area contributed by atoms with Crippen molar-refractivity contribution in [3.63, 3.8) is 0 Å². The average molecular weight is 218 g/mol. The molecule has 0 atom stereocenters. The van der Waals surface area contributed by atoms with E-state index in [1.54, 1.807) is 10.9 Å². The number of rotatable bonds is 2. The van der Waals surface area contributed by atoms with Crippen molar-refractivity contribution in [1.29, 1.82) is 0 Å². The van der Waals surface area contributed by atoms with Gasteiger partial charge in [-0.2, -0.15) is 9.67 Å². The van der Waals surface area contributed by atoms with Gasteiger partial charge in [0.05, 0.1) is 0 Å². The van der Waals surface area contributed by atoms with Crippen LogP contribution in [0.2, 0.25) is 0 Å². The maximum Gasteiger partial charge on any atom is 0.226 e. The lowest BCUT2D eigenvalue weighted by Crippen LogP contribution is -2.14. The van der Waals surface area contributed by atoms with Crippen LogP contribution in [0.1, 0.15) is 11.6 Å². The van der Waals surface area contributed by atoms with Gasteiger partial charge in [0.2, 0.25) is 5.95 Å². The normalized spacial score (nSPS) is 10.5. The lowest BCUT2D eigenvalue weighted by Gasteiger charge is -2.10. The molecule has 2 rings (SSSR count). The number of hydrogen-bond donors (Lipinski definition) is 0. The summed E-state index contributed by atoms with van der Waals surface area (Å²) >= 11 is 0. The van der Waals surface area contributed by atoms with Crippen LogP contribution in [0.3, 0.4) is 0 Å². The Labute approximate surface area is 94.0 Å². The Hall–Kier alpha value is -1.98. The van der Waals surface area contributed by atoms with E-state index in [4.69, 9.17) is 0 Å². The van der Waals surface area contributed by atoms with E-state index in [-0.39, 0.29) is 0 Å². The van der Waals surface area contributed by atoms with E-state index >= 15 is 0 Å². The molecule has 6 heteroatoms. The highest BCUT2D eigenvalue weighted by molar-refractivity contribution is 5.33. The van der Waals surface area contributed by atoms with E-state index in [1.807, 2.05) is 38.9 Å². The minimum absolute atomic E-state index is 0.657. The molecule has 0 aromatic carbocycles. The van der Waals surface area contributed by atoms with Crippen molar-refractivity contribution in [1.82, 2.24) is 24.7 Å². The zero-order valence-corrected chi connectivity index (χ0v) is 9.84. The van der Waals surface area contributed by atoms with Gasteiger partial charge in [-0.25, -0.2) is 9.97 Å². The predicted molar refractivity (Wildman–Crippen MR) is 60.8 cm³/mol. The summed E-state index contributed by atoms with van der Waals surface area (Å²) in [5.74, 6) is 2.95. The molecule has 0 bridgehead atoms. The van der Waals surface area contributed by atoms with Crippen molar-refractivity contribution in [2.45, 2.75) is 13.8 Å². The van der Waals surface area contributed by atoms with Crippen molar-refractivity contribution in [3.05, 3.63) is 23.9 Å². The van der Waals surface area contributed by atoms with Gasteiger partial charge in [0.15, 0.2) is 5.82 Å². The molecular weight excluding hydrogens is 204 g/mol. The average Bonchev–Trinajstić information content (AvgIpc) is 2.58. The van der Waals surface area contributed by atoms with Gasteiger partial charge in [-0.05, 0) is 13.8 Å². The third-order valence-corrected chi connectivity index (χ3v) is 2.12. The summed E-state index contributed by atoms with van der Waals surface area (Å²) in [6.45, 7) is 3.76. The van der Waals surface area contributed by atoms with Crippen molar-refractivity contribution in [2.24, 2.45) is 0 Å². The van der Waals surface area contributed by atoms with Gasteiger partial charge in [-0.15, -0.1) is 5.10 Å². The zero-order chi connectivity index (χ0) is 11.7. The highest BCUT2D eigenvalue weighted by Crippen LogP contribution is 2.09. The molecule has 0 fully saturated rings. The summed E-state index contributed by atoms with van der Waals surface area (Å²) in [5, 5.41) is 4.28. The van der Waals surface area contributed by atoms with Gasteiger partial charge < -0.3 is 4.90 Å². The zero-order valence-electron chi connectivity index (χ0n) is 9.84. The maximum absolute atomic E-state index is 4.39. The van der Waals surface area contributed by atoms with Crippen LogP contribution in [0.15, 0.2) is 12.3 Å². The topological polar surface area (TPSA) is 59.7 Å². The standard InChI is InChI=1S/C10H14N6/c1-7-12-8(2)16(14-7)9-5-6-11-10(13-9)15(3)4/h5-6H,1-4H3. The first kappa shape index (κ1) is 10.5. The van der Waals surface area contributed by atoms with Gasteiger partial charge in [0.25, 0.3) is 0 Å². The van der Waals surface area contributed by atoms with E-state index in [2.05, 4.69) is 20.1 Å². The fraction of sp³-hybridized carbons (Fsp3) is 0.400. The first-order valence-electron chi connectivity index (χ1n) is 4.99. The summed E-state index contributed by atoms with van der Waals surface area (Å²) in [6, 6.07) is 1.81. The van der Waals surface area contributed by atoms with Crippen molar-refractivity contribution in [3.8, 4) is 5.82 Å². The molecule has 2 heterocycles. The Morgan fingerprint density at radius 1 is 1.19 bits per heavy atom. The molecule has 0 saturated carbocycles. The Bertz CT molecular complexity index is 502. The van der Waals surface area contributed by atoms with E-state index in [1.165, 1.54) is 0 Å². The lowest BCUT2D eigenvalue weighted by atomic mass is 10.5. The van der Waals surface area contributed by atoms with Crippen molar-refractivity contribution in [2.75, 3.05) is 19.0 Å². The highest BCUT2D eigenvalue weighted by Gasteiger charge is 2.08. The van der Waals surface area contributed by atoms with Crippen LogP contribution in [0.5, 0.6) is 0 Å². The maximum atomic E-state index is 4.39. The molecule has 0 saturated heterocycles. The smallest absolute Gasteiger partial charge is 0.226 e. The molecule has 84 valence electrons. The second kappa shape index (κ2) is 3.88. The molecule has 0 spiro atoms. The second-order valence-corrected chi connectivity index (χ2v) is 3.73. The number of aromatic nitrogens is 5. The van der Waals surface area contributed by atoms with Crippen molar-refractivity contribution >= 4 is 5.95 Å². The summed E-state index contributed by atoms with van der Waals surface area (Å²) in [4.78, 5) is 14.6. The molecule has 2 aromatic heterocycles. The molecule has 6 nitrogen and oxygen atoms in total. The highest BCUT2D eigenvalue weighted by atomic mass is 15.4. The van der Waals surface area contributed by atoms with Crippen LogP contribution in [0.25, 0.3) is 5.82 Å². The van der Waals surface area contributed by atoms with Gasteiger partial charge in [-0.3, -0.25) is 0 Å². The Balaban J connectivity index is 2.48. The molecule has 0 amide bonds. The number of anilines is 1. The number of nitrogens with zero attached hydrogens (tertiary/aromatic N) is 6. The largest absolute Gasteiger partial charge is 0.347 e. The van der Waals surface area contributed by atoms with E-state index < -0.39 is 0 Å². The van der Waals surface area contributed by atoms with Crippen LogP contribution in [0, 0.1) is 13.8 Å². The second-order valence-electron chi connectivity index (χ2n) is 3.73. The third-order valence-electron chi connectivity index (χ3n) is 2.12. The number of hydrogen-bond acceptors (Lipinski definition) is 5. The molecule has 2 aromatic rings. The fourth-order valence-electron chi connectivity index (χ4n) is 1.41. The first-order chi connectivity index (χ1) is 7.58. The van der Waals surface area contributed by atoms with E-state index in [0.29, 0.717) is 5.95 Å². The summed E-state index contributed by atoms with van der Waals surface area (Å²) in [7, 11) is 3.80. The quantitative estimate of drug-likeness (QED) is 0.744. The fourth-order valence-corrected chi connectivity index (χ4v) is 1.41. The third kappa shape index (κ3) is 1.86. The molecule has 0 aliphatic rings. The van der Waals surface area contributed by atoms with Gasteiger partial charge >= 0.3 is 0 Å². The monoisotopic (exact) mass is 218 g/mol. The lowest BCUT2D eigenvalue weighted by molar-refractivity contribution is 0.794. The van der Waals surface area contributed by atoms with Gasteiger partial charge in [0, 0.05) is 26.4 Å². The molecule has 0 aliphatic heterocycles. The molecule has 0 aliphatic carbocycles. The van der Waals surface area contributed by atoms with E-state index in [0.717, 1.165) is 17.5 Å². The Morgan fingerprint density at radius 2 is 1.94 bits per heavy atom. The Morgan fingerprint density at radius 3 is 2.50 bits per heavy atom. The number of aryl methyl sites for hydroxylation is 2. The minimum Gasteiger partial charge on any atom is -0.347 e. The van der Waals surface area contributed by atoms with Crippen LogP contribution >= 0.6 is 0 Å². The minimum atomic E-state index is 0.657. The summed E-state index contributed by atoms with van der Waals surface area (Å²) < 4.78 is 1.71.